The highest BCUT2D eigenvalue weighted by Gasteiger charge is 2.29. The fourth-order valence-corrected chi connectivity index (χ4v) is 1.99. The van der Waals surface area contributed by atoms with Crippen LogP contribution >= 0.6 is 0 Å². The predicted octanol–water partition coefficient (Wildman–Crippen LogP) is 0.889. The number of aryl methyl sites for hydroxylation is 2. The van der Waals surface area contributed by atoms with E-state index in [0.717, 1.165) is 23.6 Å². The minimum atomic E-state index is -0.619. The lowest BCUT2D eigenvalue weighted by Gasteiger charge is -2.17. The van der Waals surface area contributed by atoms with Crippen LogP contribution in [0.4, 0.5) is 0 Å². The number of aliphatic hydroxyl groups is 1. The number of nitrogens with zero attached hydrogens (tertiary/aromatic N) is 2. The Hall–Kier alpha value is -0.870. The Bertz CT molecular complexity index is 344. The molecule has 1 aliphatic rings. The van der Waals surface area contributed by atoms with Crippen molar-refractivity contribution in [2.45, 2.75) is 38.3 Å². The summed E-state index contributed by atoms with van der Waals surface area (Å²) in [4.78, 5) is 0. The Morgan fingerprint density at radius 1 is 1.67 bits per heavy atom. The molecule has 2 rings (SSSR count). The van der Waals surface area contributed by atoms with Gasteiger partial charge in [0.05, 0.1) is 5.69 Å². The summed E-state index contributed by atoms with van der Waals surface area (Å²) in [6, 6.07) is -0.175. The maximum Gasteiger partial charge on any atom is 0.113 e. The Balaban J connectivity index is 2.04. The van der Waals surface area contributed by atoms with Crippen LogP contribution < -0.4 is 5.73 Å². The van der Waals surface area contributed by atoms with Crippen molar-refractivity contribution < 1.29 is 5.11 Å². The molecule has 0 bridgehead atoms. The van der Waals surface area contributed by atoms with Gasteiger partial charge in [-0.2, -0.15) is 5.10 Å². The molecule has 3 N–H and O–H groups in total. The van der Waals surface area contributed by atoms with Crippen molar-refractivity contribution in [1.82, 2.24) is 9.78 Å². The molecule has 0 aromatic carbocycles. The second-order valence-electron chi connectivity index (χ2n) is 4.66. The fourth-order valence-electron chi connectivity index (χ4n) is 1.99. The van der Waals surface area contributed by atoms with E-state index >= 15 is 0 Å². The molecule has 1 fully saturated rings. The number of aliphatic hydroxyl groups excluding tert-OH is 1. The molecule has 0 aliphatic heterocycles. The van der Waals surface area contributed by atoms with E-state index < -0.39 is 6.10 Å². The molecule has 1 aliphatic carbocycles. The number of nitrogens with two attached hydrogens (primary N) is 1. The monoisotopic (exact) mass is 209 g/mol. The van der Waals surface area contributed by atoms with Gasteiger partial charge in [0.1, 0.15) is 6.10 Å². The summed E-state index contributed by atoms with van der Waals surface area (Å²) in [5.74, 6) is 0.735. The van der Waals surface area contributed by atoms with E-state index in [1.807, 2.05) is 20.2 Å². The molecule has 2 unspecified atom stereocenters. The minimum absolute atomic E-state index is 0.175. The second-order valence-corrected chi connectivity index (χ2v) is 4.66. The zero-order valence-electron chi connectivity index (χ0n) is 9.35. The van der Waals surface area contributed by atoms with Crippen molar-refractivity contribution in [1.29, 1.82) is 0 Å². The topological polar surface area (TPSA) is 64.1 Å². The predicted molar refractivity (Wildman–Crippen MR) is 58.2 cm³/mol. The van der Waals surface area contributed by atoms with E-state index in [-0.39, 0.29) is 6.04 Å². The number of aromatic nitrogens is 2. The maximum atomic E-state index is 10.1. The molecule has 0 spiro atoms. The van der Waals surface area contributed by atoms with E-state index in [2.05, 4.69) is 5.10 Å². The van der Waals surface area contributed by atoms with Crippen molar-refractivity contribution in [3.63, 3.8) is 0 Å². The first-order chi connectivity index (χ1) is 7.08. The summed E-state index contributed by atoms with van der Waals surface area (Å²) in [5.41, 5.74) is 7.71. The molecule has 1 aromatic rings. The molecular formula is C11H19N3O. The SMILES string of the molecule is Cc1cn(C)nc1C(O)C(N)CC1CC1. The molecule has 1 aromatic heterocycles. The second kappa shape index (κ2) is 3.94. The third kappa shape index (κ3) is 2.38. The lowest BCUT2D eigenvalue weighted by atomic mass is 10.0. The fraction of sp³-hybridized carbons (Fsp3) is 0.727. The maximum absolute atomic E-state index is 10.1. The smallest absolute Gasteiger partial charge is 0.113 e. The zero-order chi connectivity index (χ0) is 11.0. The molecule has 0 saturated heterocycles. The van der Waals surface area contributed by atoms with Crippen LogP contribution in [0.3, 0.4) is 0 Å². The van der Waals surface area contributed by atoms with Crippen LogP contribution in [0.15, 0.2) is 6.20 Å². The van der Waals surface area contributed by atoms with E-state index in [9.17, 15) is 5.11 Å². The van der Waals surface area contributed by atoms with Gasteiger partial charge in [0.25, 0.3) is 0 Å². The molecule has 4 nitrogen and oxygen atoms in total. The van der Waals surface area contributed by atoms with Gasteiger partial charge in [-0.05, 0) is 24.8 Å². The summed E-state index contributed by atoms with van der Waals surface area (Å²) in [6.45, 7) is 1.95. The highest BCUT2D eigenvalue weighted by atomic mass is 16.3. The van der Waals surface area contributed by atoms with Crippen molar-refractivity contribution in [3.05, 3.63) is 17.5 Å². The molecule has 2 atom stereocenters. The van der Waals surface area contributed by atoms with Crippen molar-refractivity contribution in [3.8, 4) is 0 Å². The Labute approximate surface area is 90.1 Å². The lowest BCUT2D eigenvalue weighted by molar-refractivity contribution is 0.134. The molecule has 84 valence electrons. The van der Waals surface area contributed by atoms with Gasteiger partial charge < -0.3 is 10.8 Å². The third-order valence-corrected chi connectivity index (χ3v) is 3.04. The van der Waals surface area contributed by atoms with E-state index in [0.29, 0.717) is 0 Å². The third-order valence-electron chi connectivity index (χ3n) is 3.04. The van der Waals surface area contributed by atoms with Crippen LogP contribution in [0.2, 0.25) is 0 Å². The Morgan fingerprint density at radius 3 is 2.80 bits per heavy atom. The van der Waals surface area contributed by atoms with E-state index in [1.54, 1.807) is 4.68 Å². The summed E-state index contributed by atoms with van der Waals surface area (Å²) in [6.07, 6.45) is 4.73. The molecule has 0 radical (unpaired) electrons. The minimum Gasteiger partial charge on any atom is -0.385 e. The van der Waals surface area contributed by atoms with Gasteiger partial charge in [0.15, 0.2) is 0 Å². The molecule has 1 heterocycles. The lowest BCUT2D eigenvalue weighted by Crippen LogP contribution is -2.29. The average Bonchev–Trinajstić information content (AvgIpc) is 2.90. The van der Waals surface area contributed by atoms with Crippen LogP contribution in [0.25, 0.3) is 0 Å². The van der Waals surface area contributed by atoms with Gasteiger partial charge in [-0.25, -0.2) is 0 Å². The Morgan fingerprint density at radius 2 is 2.33 bits per heavy atom. The summed E-state index contributed by atoms with van der Waals surface area (Å²) >= 11 is 0. The molecule has 0 amide bonds. The van der Waals surface area contributed by atoms with Crippen LogP contribution in [0.5, 0.6) is 0 Å². The number of rotatable bonds is 4. The largest absolute Gasteiger partial charge is 0.385 e. The first-order valence-corrected chi connectivity index (χ1v) is 5.51. The molecule has 4 heteroatoms. The van der Waals surface area contributed by atoms with E-state index in [1.165, 1.54) is 12.8 Å². The van der Waals surface area contributed by atoms with Gasteiger partial charge >= 0.3 is 0 Å². The Kier molecular flexibility index (Phi) is 2.80. The van der Waals surface area contributed by atoms with Crippen LogP contribution in [0, 0.1) is 12.8 Å². The molecular weight excluding hydrogens is 190 g/mol. The van der Waals surface area contributed by atoms with Gasteiger partial charge in [0.2, 0.25) is 0 Å². The normalized spacial score (nSPS) is 20.3. The standard InChI is InChI=1S/C11H19N3O/c1-7-6-14(2)13-10(7)11(15)9(12)5-8-3-4-8/h6,8-9,11,15H,3-5,12H2,1-2H3. The van der Waals surface area contributed by atoms with Gasteiger partial charge in [-0.3, -0.25) is 4.68 Å². The van der Waals surface area contributed by atoms with Crippen molar-refractivity contribution in [2.75, 3.05) is 0 Å². The quantitative estimate of drug-likeness (QED) is 0.774. The first-order valence-electron chi connectivity index (χ1n) is 5.51. The molecule has 1 saturated carbocycles. The average molecular weight is 209 g/mol. The summed E-state index contributed by atoms with van der Waals surface area (Å²) in [5, 5.41) is 14.3. The van der Waals surface area contributed by atoms with Crippen LogP contribution in [0.1, 0.15) is 36.6 Å². The zero-order valence-corrected chi connectivity index (χ0v) is 9.35. The van der Waals surface area contributed by atoms with Gasteiger partial charge in [-0.15, -0.1) is 0 Å². The highest BCUT2D eigenvalue weighted by molar-refractivity contribution is 5.18. The van der Waals surface area contributed by atoms with Crippen molar-refractivity contribution >= 4 is 0 Å². The molecule has 15 heavy (non-hydrogen) atoms. The van der Waals surface area contributed by atoms with Crippen LogP contribution in [-0.2, 0) is 7.05 Å². The van der Waals surface area contributed by atoms with Crippen LogP contribution in [-0.4, -0.2) is 20.9 Å². The van der Waals surface area contributed by atoms with E-state index in [4.69, 9.17) is 5.73 Å². The van der Waals surface area contributed by atoms with Gasteiger partial charge in [0, 0.05) is 19.3 Å². The van der Waals surface area contributed by atoms with Gasteiger partial charge in [-0.1, -0.05) is 12.8 Å². The number of hydrogen-bond acceptors (Lipinski definition) is 3. The summed E-state index contributed by atoms with van der Waals surface area (Å²) < 4.78 is 1.72. The highest BCUT2D eigenvalue weighted by Crippen LogP contribution is 2.35. The first kappa shape index (κ1) is 10.6. The number of hydrogen-bond donors (Lipinski definition) is 2. The van der Waals surface area contributed by atoms with Crippen molar-refractivity contribution in [2.24, 2.45) is 18.7 Å². The summed E-state index contributed by atoms with van der Waals surface area (Å²) in [7, 11) is 1.86.